The minimum atomic E-state index is -0.526. The van der Waals surface area contributed by atoms with E-state index in [-0.39, 0.29) is 5.60 Å². The Labute approximate surface area is 183 Å². The molecule has 2 aromatic carbocycles. The van der Waals surface area contributed by atoms with Crippen LogP contribution in [0.5, 0.6) is 5.75 Å². The number of fused-ring (bicyclic) bond motifs is 2. The van der Waals surface area contributed by atoms with Crippen molar-refractivity contribution in [1.29, 1.82) is 0 Å². The van der Waals surface area contributed by atoms with Gasteiger partial charge in [0.05, 0.1) is 12.2 Å². The van der Waals surface area contributed by atoms with Gasteiger partial charge in [0.1, 0.15) is 11.4 Å². The molecule has 0 saturated carbocycles. The second kappa shape index (κ2) is 7.66. The van der Waals surface area contributed by atoms with Crippen LogP contribution in [0.3, 0.4) is 0 Å². The van der Waals surface area contributed by atoms with E-state index in [2.05, 4.69) is 35.6 Å². The molecule has 3 aromatic rings. The second-order valence-electron chi connectivity index (χ2n) is 9.44. The molecular weight excluding hydrogens is 388 g/mol. The van der Waals surface area contributed by atoms with Crippen molar-refractivity contribution < 1.29 is 14.9 Å². The third kappa shape index (κ3) is 3.55. The summed E-state index contributed by atoms with van der Waals surface area (Å²) >= 11 is 0. The van der Waals surface area contributed by atoms with Crippen molar-refractivity contribution in [3.05, 3.63) is 64.8 Å². The molecule has 1 fully saturated rings. The SMILES string of the molecule is Cc1ccc2c(c1)C(O)CC1(CCN(CC(O)c3c(C)n(C)c4ccccc34)CC1)O2. The minimum Gasteiger partial charge on any atom is -0.487 e. The van der Waals surface area contributed by atoms with Crippen molar-refractivity contribution in [2.24, 2.45) is 7.05 Å². The van der Waals surface area contributed by atoms with Crippen LogP contribution in [0.1, 0.15) is 53.9 Å². The Morgan fingerprint density at radius 2 is 1.87 bits per heavy atom. The van der Waals surface area contributed by atoms with Crippen LogP contribution in [0.4, 0.5) is 0 Å². The smallest absolute Gasteiger partial charge is 0.125 e. The van der Waals surface area contributed by atoms with Crippen molar-refractivity contribution in [3.8, 4) is 5.75 Å². The zero-order chi connectivity index (χ0) is 21.8. The molecule has 2 unspecified atom stereocenters. The number of β-amino-alcohol motifs (C(OH)–C–C–N with tert-alkyl or cyclic N) is 1. The number of hydrogen-bond donors (Lipinski definition) is 2. The Morgan fingerprint density at radius 3 is 2.65 bits per heavy atom. The highest BCUT2D eigenvalue weighted by molar-refractivity contribution is 5.85. The fourth-order valence-corrected chi connectivity index (χ4v) is 5.51. The number of para-hydroxylation sites is 1. The number of aliphatic hydroxyl groups is 2. The van der Waals surface area contributed by atoms with Gasteiger partial charge in [0, 0.05) is 60.8 Å². The lowest BCUT2D eigenvalue weighted by Gasteiger charge is -2.46. The predicted molar refractivity (Wildman–Crippen MR) is 122 cm³/mol. The zero-order valence-corrected chi connectivity index (χ0v) is 18.6. The first-order chi connectivity index (χ1) is 14.9. The van der Waals surface area contributed by atoms with Crippen molar-refractivity contribution in [2.75, 3.05) is 19.6 Å². The highest BCUT2D eigenvalue weighted by atomic mass is 16.5. The molecule has 164 valence electrons. The summed E-state index contributed by atoms with van der Waals surface area (Å²) in [7, 11) is 2.06. The number of nitrogens with zero attached hydrogens (tertiary/aromatic N) is 2. The highest BCUT2D eigenvalue weighted by Gasteiger charge is 2.43. The number of likely N-dealkylation sites (tertiary alicyclic amines) is 1. The van der Waals surface area contributed by atoms with Crippen LogP contribution >= 0.6 is 0 Å². The van der Waals surface area contributed by atoms with Gasteiger partial charge in [-0.05, 0) is 44.9 Å². The maximum absolute atomic E-state index is 11.1. The maximum Gasteiger partial charge on any atom is 0.125 e. The number of hydrogen-bond acceptors (Lipinski definition) is 4. The van der Waals surface area contributed by atoms with Gasteiger partial charge in [-0.25, -0.2) is 0 Å². The van der Waals surface area contributed by atoms with E-state index in [0.717, 1.165) is 65.0 Å². The molecule has 5 rings (SSSR count). The Balaban J connectivity index is 1.29. The molecule has 2 atom stereocenters. The number of ether oxygens (including phenoxy) is 1. The summed E-state index contributed by atoms with van der Waals surface area (Å²) in [6.45, 7) is 6.45. The molecule has 5 heteroatoms. The molecule has 1 saturated heterocycles. The van der Waals surface area contributed by atoms with Gasteiger partial charge in [0.25, 0.3) is 0 Å². The summed E-state index contributed by atoms with van der Waals surface area (Å²) in [6, 6.07) is 14.4. The van der Waals surface area contributed by atoms with Gasteiger partial charge in [-0.3, -0.25) is 0 Å². The van der Waals surface area contributed by atoms with E-state index >= 15 is 0 Å². The van der Waals surface area contributed by atoms with E-state index < -0.39 is 12.2 Å². The van der Waals surface area contributed by atoms with Crippen LogP contribution in [0.15, 0.2) is 42.5 Å². The van der Waals surface area contributed by atoms with E-state index in [1.165, 1.54) is 0 Å². The fourth-order valence-electron chi connectivity index (χ4n) is 5.51. The molecule has 1 spiro atoms. The standard InChI is InChI=1S/C26H32N2O3/c1-17-8-9-24-20(14-17)22(29)15-26(31-24)10-12-28(13-11-26)16-23(30)25-18(2)27(3)21-7-5-4-6-19(21)25/h4-9,14,22-23,29-30H,10-13,15-16H2,1-3H3. The molecule has 0 bridgehead atoms. The number of aromatic nitrogens is 1. The minimum absolute atomic E-state index is 0.307. The third-order valence-electron chi connectivity index (χ3n) is 7.40. The van der Waals surface area contributed by atoms with Gasteiger partial charge < -0.3 is 24.4 Å². The molecular formula is C26H32N2O3. The van der Waals surface area contributed by atoms with Crippen molar-refractivity contribution in [3.63, 3.8) is 0 Å². The maximum atomic E-state index is 11.1. The Hall–Kier alpha value is -2.34. The van der Waals surface area contributed by atoms with Gasteiger partial charge in [0.15, 0.2) is 0 Å². The first kappa shape index (κ1) is 20.6. The van der Waals surface area contributed by atoms with Crippen molar-refractivity contribution >= 4 is 10.9 Å². The largest absolute Gasteiger partial charge is 0.487 e. The van der Waals surface area contributed by atoms with Crippen LogP contribution in [-0.2, 0) is 7.05 Å². The average Bonchev–Trinajstić information content (AvgIpc) is 3.01. The summed E-state index contributed by atoms with van der Waals surface area (Å²) < 4.78 is 8.61. The van der Waals surface area contributed by atoms with Crippen LogP contribution in [0.25, 0.3) is 10.9 Å². The lowest BCUT2D eigenvalue weighted by atomic mass is 9.81. The lowest BCUT2D eigenvalue weighted by Crippen LogP contribution is -2.51. The number of aliphatic hydroxyl groups excluding tert-OH is 2. The van der Waals surface area contributed by atoms with Crippen LogP contribution in [0, 0.1) is 13.8 Å². The Kier molecular flexibility index (Phi) is 5.08. The number of rotatable bonds is 3. The topological polar surface area (TPSA) is 57.9 Å². The molecule has 0 radical (unpaired) electrons. The third-order valence-corrected chi connectivity index (χ3v) is 7.40. The van der Waals surface area contributed by atoms with Crippen molar-refractivity contribution in [1.82, 2.24) is 9.47 Å². The molecule has 1 aromatic heterocycles. The highest BCUT2D eigenvalue weighted by Crippen LogP contribution is 2.44. The first-order valence-electron chi connectivity index (χ1n) is 11.3. The van der Waals surface area contributed by atoms with Crippen molar-refractivity contribution in [2.45, 2.75) is 50.9 Å². The molecule has 2 N–H and O–H groups in total. The summed E-state index contributed by atoms with van der Waals surface area (Å²) in [5, 5.41) is 23.0. The number of aryl methyl sites for hydroxylation is 2. The molecule has 0 aliphatic carbocycles. The quantitative estimate of drug-likeness (QED) is 0.667. The first-order valence-corrected chi connectivity index (χ1v) is 11.3. The van der Waals surface area contributed by atoms with E-state index in [9.17, 15) is 10.2 Å². The van der Waals surface area contributed by atoms with Crippen LogP contribution in [0.2, 0.25) is 0 Å². The van der Waals surface area contributed by atoms with Crippen LogP contribution < -0.4 is 4.74 Å². The second-order valence-corrected chi connectivity index (χ2v) is 9.44. The molecule has 3 heterocycles. The monoisotopic (exact) mass is 420 g/mol. The van der Waals surface area contributed by atoms with Crippen LogP contribution in [-0.4, -0.2) is 44.9 Å². The van der Waals surface area contributed by atoms with Gasteiger partial charge in [-0.15, -0.1) is 0 Å². The number of benzene rings is 2. The van der Waals surface area contributed by atoms with Gasteiger partial charge >= 0.3 is 0 Å². The van der Waals surface area contributed by atoms with E-state index in [1.807, 2.05) is 37.3 Å². The summed E-state index contributed by atoms with van der Waals surface area (Å²) in [5.41, 5.74) is 5.06. The molecule has 2 aliphatic rings. The lowest BCUT2D eigenvalue weighted by molar-refractivity contribution is -0.0587. The molecule has 5 nitrogen and oxygen atoms in total. The van der Waals surface area contributed by atoms with Gasteiger partial charge in [-0.2, -0.15) is 0 Å². The summed E-state index contributed by atoms with van der Waals surface area (Å²) in [5.74, 6) is 0.823. The average molecular weight is 421 g/mol. The van der Waals surface area contributed by atoms with E-state index in [1.54, 1.807) is 0 Å². The fraction of sp³-hybridized carbons (Fsp3) is 0.462. The molecule has 2 aliphatic heterocycles. The molecule has 0 amide bonds. The Morgan fingerprint density at radius 1 is 1.13 bits per heavy atom. The Bertz CT molecular complexity index is 1110. The predicted octanol–water partition coefficient (Wildman–Crippen LogP) is 4.18. The number of piperidine rings is 1. The summed E-state index contributed by atoms with van der Waals surface area (Å²) in [6.07, 6.45) is 1.36. The molecule has 31 heavy (non-hydrogen) atoms. The zero-order valence-electron chi connectivity index (χ0n) is 18.6. The van der Waals surface area contributed by atoms with Gasteiger partial charge in [-0.1, -0.05) is 29.8 Å². The normalized spacial score (nSPS) is 21.8. The van der Waals surface area contributed by atoms with E-state index in [0.29, 0.717) is 13.0 Å². The van der Waals surface area contributed by atoms with Gasteiger partial charge in [0.2, 0.25) is 0 Å². The van der Waals surface area contributed by atoms with E-state index in [4.69, 9.17) is 4.74 Å². The summed E-state index contributed by atoms with van der Waals surface area (Å²) in [4.78, 5) is 2.33.